The molecule has 0 radical (unpaired) electrons. The van der Waals surface area contributed by atoms with E-state index in [1.807, 2.05) is 11.8 Å². The van der Waals surface area contributed by atoms with Crippen LogP contribution in [0.3, 0.4) is 0 Å². The van der Waals surface area contributed by atoms with Gasteiger partial charge in [-0.25, -0.2) is 0 Å². The van der Waals surface area contributed by atoms with E-state index in [2.05, 4.69) is 38.0 Å². The van der Waals surface area contributed by atoms with E-state index in [-0.39, 0.29) is 16.4 Å². The predicted molar refractivity (Wildman–Crippen MR) is 63.7 cm³/mol. The van der Waals surface area contributed by atoms with Gasteiger partial charge >= 0.3 is 0 Å². The highest BCUT2D eigenvalue weighted by atomic mass is 32.2. The Bertz CT molecular complexity index is 149. The van der Waals surface area contributed by atoms with Crippen molar-refractivity contribution in [1.29, 1.82) is 0 Å². The second kappa shape index (κ2) is 6.60. The van der Waals surface area contributed by atoms with Gasteiger partial charge < -0.3 is 5.32 Å². The molecule has 0 aromatic carbocycles. The molecule has 0 saturated carbocycles. The fraction of sp³-hybridized carbons (Fsp3) is 0.889. The van der Waals surface area contributed by atoms with E-state index in [9.17, 15) is 4.79 Å². The molecule has 0 rings (SSSR count). The largest absolute Gasteiger partial charge is 0.354 e. The molecule has 1 N–H and O–H groups in total. The SMILES string of the molecule is CCC(CC)(CNC(=O)CS)SC. The molecular weight excluding hydrogens is 202 g/mol. The zero-order valence-electron chi connectivity index (χ0n) is 8.59. The minimum atomic E-state index is 0.0173. The molecule has 0 saturated heterocycles. The third-order valence-corrected chi connectivity index (χ3v) is 4.35. The Morgan fingerprint density at radius 1 is 1.46 bits per heavy atom. The Hall–Kier alpha value is 0.170. The van der Waals surface area contributed by atoms with Gasteiger partial charge in [0.1, 0.15) is 0 Å². The number of carbonyl (C=O) groups excluding carboxylic acids is 1. The number of amides is 1. The number of thiol groups is 1. The van der Waals surface area contributed by atoms with E-state index in [1.54, 1.807) is 0 Å². The van der Waals surface area contributed by atoms with Crippen molar-refractivity contribution >= 4 is 30.3 Å². The third kappa shape index (κ3) is 4.27. The Balaban J connectivity index is 4.02. The van der Waals surface area contributed by atoms with Crippen LogP contribution in [0.5, 0.6) is 0 Å². The van der Waals surface area contributed by atoms with Crippen molar-refractivity contribution in [2.75, 3.05) is 18.6 Å². The summed E-state index contributed by atoms with van der Waals surface area (Å²) in [5.41, 5.74) is 0. The lowest BCUT2D eigenvalue weighted by Crippen LogP contribution is -2.40. The van der Waals surface area contributed by atoms with Gasteiger partial charge in [0.25, 0.3) is 0 Å². The molecule has 0 aliphatic carbocycles. The van der Waals surface area contributed by atoms with Crippen LogP contribution in [-0.2, 0) is 4.79 Å². The average Bonchev–Trinajstić information content (AvgIpc) is 2.20. The quantitative estimate of drug-likeness (QED) is 0.671. The zero-order valence-corrected chi connectivity index (χ0v) is 10.3. The molecular formula is C9H19NOS2. The van der Waals surface area contributed by atoms with Crippen LogP contribution in [0, 0.1) is 0 Å². The van der Waals surface area contributed by atoms with Gasteiger partial charge in [-0.15, -0.1) is 0 Å². The van der Waals surface area contributed by atoms with Gasteiger partial charge in [-0.1, -0.05) is 13.8 Å². The van der Waals surface area contributed by atoms with Crippen LogP contribution in [0.4, 0.5) is 0 Å². The molecule has 4 heteroatoms. The fourth-order valence-corrected chi connectivity index (χ4v) is 2.08. The van der Waals surface area contributed by atoms with Crippen LogP contribution >= 0.6 is 24.4 Å². The first-order chi connectivity index (χ1) is 6.14. The standard InChI is InChI=1S/C9H19NOS2/c1-4-9(5-2,13-3)7-10-8(11)6-12/h12H,4-7H2,1-3H3,(H,10,11). The zero-order chi connectivity index (χ0) is 10.3. The van der Waals surface area contributed by atoms with Crippen LogP contribution < -0.4 is 5.32 Å². The van der Waals surface area contributed by atoms with Crippen molar-refractivity contribution in [1.82, 2.24) is 5.32 Å². The molecule has 0 aromatic rings. The first kappa shape index (κ1) is 13.2. The number of hydrogen-bond acceptors (Lipinski definition) is 3. The highest BCUT2D eigenvalue weighted by Gasteiger charge is 2.24. The summed E-state index contributed by atoms with van der Waals surface area (Å²) in [5, 5.41) is 2.89. The van der Waals surface area contributed by atoms with E-state index in [0.717, 1.165) is 19.4 Å². The molecule has 2 nitrogen and oxygen atoms in total. The summed E-state index contributed by atoms with van der Waals surface area (Å²) < 4.78 is 0.207. The molecule has 1 amide bonds. The minimum absolute atomic E-state index is 0.0173. The van der Waals surface area contributed by atoms with Crippen molar-refractivity contribution < 1.29 is 4.79 Å². The van der Waals surface area contributed by atoms with Crippen molar-refractivity contribution in [2.45, 2.75) is 31.4 Å². The van der Waals surface area contributed by atoms with Crippen LogP contribution in [0.25, 0.3) is 0 Å². The summed E-state index contributed by atoms with van der Waals surface area (Å²) >= 11 is 5.74. The molecule has 0 atom stereocenters. The van der Waals surface area contributed by atoms with Crippen molar-refractivity contribution in [3.8, 4) is 0 Å². The van der Waals surface area contributed by atoms with Crippen molar-refractivity contribution in [2.24, 2.45) is 0 Å². The molecule has 0 heterocycles. The summed E-state index contributed by atoms with van der Waals surface area (Å²) in [5.74, 6) is 0.293. The van der Waals surface area contributed by atoms with E-state index >= 15 is 0 Å². The van der Waals surface area contributed by atoms with E-state index in [1.165, 1.54) is 0 Å². The molecule has 0 aliphatic rings. The van der Waals surface area contributed by atoms with Gasteiger partial charge in [0.2, 0.25) is 5.91 Å². The highest BCUT2D eigenvalue weighted by molar-refractivity contribution is 8.00. The average molecular weight is 221 g/mol. The number of thioether (sulfide) groups is 1. The summed E-state index contributed by atoms with van der Waals surface area (Å²) in [6, 6.07) is 0. The molecule has 0 unspecified atom stereocenters. The molecule has 0 aliphatic heterocycles. The Labute approximate surface area is 90.6 Å². The second-order valence-electron chi connectivity index (χ2n) is 3.03. The van der Waals surface area contributed by atoms with Crippen LogP contribution in [0.2, 0.25) is 0 Å². The lowest BCUT2D eigenvalue weighted by atomic mass is 10.0. The topological polar surface area (TPSA) is 29.1 Å². The Morgan fingerprint density at radius 2 is 2.00 bits per heavy atom. The lowest BCUT2D eigenvalue weighted by molar-refractivity contribution is -0.118. The first-order valence-corrected chi connectivity index (χ1v) is 6.42. The summed E-state index contributed by atoms with van der Waals surface area (Å²) in [4.78, 5) is 11.0. The minimum Gasteiger partial charge on any atom is -0.354 e. The summed E-state index contributed by atoms with van der Waals surface area (Å²) in [7, 11) is 0. The second-order valence-corrected chi connectivity index (χ2v) is 4.62. The summed E-state index contributed by atoms with van der Waals surface area (Å²) in [6.07, 6.45) is 4.26. The maximum Gasteiger partial charge on any atom is 0.229 e. The van der Waals surface area contributed by atoms with E-state index in [0.29, 0.717) is 0 Å². The number of carbonyl (C=O) groups is 1. The van der Waals surface area contributed by atoms with Gasteiger partial charge in [-0.2, -0.15) is 24.4 Å². The van der Waals surface area contributed by atoms with Crippen molar-refractivity contribution in [3.05, 3.63) is 0 Å². The monoisotopic (exact) mass is 221 g/mol. The van der Waals surface area contributed by atoms with Crippen LogP contribution in [0.15, 0.2) is 0 Å². The Morgan fingerprint density at radius 3 is 2.31 bits per heavy atom. The van der Waals surface area contributed by atoms with E-state index in [4.69, 9.17) is 0 Å². The Kier molecular flexibility index (Phi) is 6.68. The molecule has 13 heavy (non-hydrogen) atoms. The van der Waals surface area contributed by atoms with Gasteiger partial charge in [-0.05, 0) is 19.1 Å². The van der Waals surface area contributed by atoms with Gasteiger partial charge in [0.15, 0.2) is 0 Å². The lowest BCUT2D eigenvalue weighted by Gasteiger charge is -2.29. The first-order valence-electron chi connectivity index (χ1n) is 4.56. The number of hydrogen-bond donors (Lipinski definition) is 2. The van der Waals surface area contributed by atoms with Crippen LogP contribution in [-0.4, -0.2) is 29.2 Å². The van der Waals surface area contributed by atoms with E-state index < -0.39 is 0 Å². The van der Waals surface area contributed by atoms with Crippen LogP contribution in [0.1, 0.15) is 26.7 Å². The molecule has 0 spiro atoms. The predicted octanol–water partition coefficient (Wildman–Crippen LogP) is 1.95. The van der Waals surface area contributed by atoms with Gasteiger partial charge in [-0.3, -0.25) is 4.79 Å². The summed E-state index contributed by atoms with van der Waals surface area (Å²) in [6.45, 7) is 5.07. The molecule has 0 fully saturated rings. The molecule has 0 aromatic heterocycles. The number of nitrogens with one attached hydrogen (secondary N) is 1. The smallest absolute Gasteiger partial charge is 0.229 e. The molecule has 0 bridgehead atoms. The third-order valence-electron chi connectivity index (χ3n) is 2.47. The molecule has 78 valence electrons. The van der Waals surface area contributed by atoms with Gasteiger partial charge in [0, 0.05) is 11.3 Å². The number of rotatable bonds is 6. The maximum absolute atomic E-state index is 11.0. The maximum atomic E-state index is 11.0. The highest BCUT2D eigenvalue weighted by Crippen LogP contribution is 2.29. The normalized spacial score (nSPS) is 11.4. The van der Waals surface area contributed by atoms with Crippen molar-refractivity contribution in [3.63, 3.8) is 0 Å². The fourth-order valence-electron chi connectivity index (χ4n) is 1.18. The van der Waals surface area contributed by atoms with Gasteiger partial charge in [0.05, 0.1) is 5.75 Å².